The molecule has 0 radical (unpaired) electrons. The number of carbonyl (C=O) groups is 2. The summed E-state index contributed by atoms with van der Waals surface area (Å²) >= 11 is 0. The van der Waals surface area contributed by atoms with Crippen LogP contribution in [0.4, 0.5) is 21.5 Å². The Hall–Kier alpha value is -4.15. The molecule has 0 aromatic heterocycles. The summed E-state index contributed by atoms with van der Waals surface area (Å²) in [4.78, 5) is 33.0. The van der Waals surface area contributed by atoms with Crippen molar-refractivity contribution in [3.8, 4) is 5.75 Å². The van der Waals surface area contributed by atoms with Crippen molar-refractivity contribution in [3.63, 3.8) is 0 Å². The SMILES string of the molecule is COc1ccccc1N1CCN(c2ccc(NC(=O)c3ccccc3F)cc2C(=O)NCCN2CCOCC2)CC1. The summed E-state index contributed by atoms with van der Waals surface area (Å²) in [7, 11) is 1.67. The second-order valence-electron chi connectivity index (χ2n) is 10.0. The van der Waals surface area contributed by atoms with Crippen LogP contribution < -0.4 is 25.2 Å². The number of carbonyl (C=O) groups excluding carboxylic acids is 2. The smallest absolute Gasteiger partial charge is 0.258 e. The number of methoxy groups -OCH3 is 1. The van der Waals surface area contributed by atoms with Gasteiger partial charge in [-0.05, 0) is 42.5 Å². The Balaban J connectivity index is 1.32. The second-order valence-corrected chi connectivity index (χ2v) is 10.0. The largest absolute Gasteiger partial charge is 0.495 e. The molecule has 0 spiro atoms. The highest BCUT2D eigenvalue weighted by Gasteiger charge is 2.24. The first-order valence-electron chi connectivity index (χ1n) is 13.9. The zero-order valence-corrected chi connectivity index (χ0v) is 23.3. The summed E-state index contributed by atoms with van der Waals surface area (Å²) in [6.07, 6.45) is 0. The number of hydrogen-bond acceptors (Lipinski definition) is 7. The molecule has 3 aromatic rings. The highest BCUT2D eigenvalue weighted by Crippen LogP contribution is 2.31. The zero-order valence-electron chi connectivity index (χ0n) is 23.3. The Morgan fingerprint density at radius 3 is 2.24 bits per heavy atom. The minimum absolute atomic E-state index is 0.0550. The van der Waals surface area contributed by atoms with E-state index in [0.29, 0.717) is 44.1 Å². The van der Waals surface area contributed by atoms with Crippen LogP contribution in [0.5, 0.6) is 5.75 Å². The number of nitrogens with one attached hydrogen (secondary N) is 2. The van der Waals surface area contributed by atoms with Gasteiger partial charge in [-0.15, -0.1) is 0 Å². The predicted octanol–water partition coefficient (Wildman–Crippen LogP) is 3.48. The first-order valence-corrected chi connectivity index (χ1v) is 13.9. The van der Waals surface area contributed by atoms with Crippen LogP contribution in [-0.2, 0) is 4.74 Å². The Morgan fingerprint density at radius 2 is 1.51 bits per heavy atom. The van der Waals surface area contributed by atoms with Gasteiger partial charge in [-0.2, -0.15) is 0 Å². The Labute approximate surface area is 239 Å². The Kier molecular flexibility index (Phi) is 9.33. The quantitative estimate of drug-likeness (QED) is 0.414. The van der Waals surface area contributed by atoms with Crippen molar-refractivity contribution < 1.29 is 23.5 Å². The molecule has 3 aromatic carbocycles. The van der Waals surface area contributed by atoms with E-state index >= 15 is 0 Å². The Morgan fingerprint density at radius 1 is 0.829 bits per heavy atom. The molecule has 10 heteroatoms. The van der Waals surface area contributed by atoms with Crippen LogP contribution in [-0.4, -0.2) is 89.4 Å². The number of amides is 2. The van der Waals surface area contributed by atoms with Crippen molar-refractivity contribution >= 4 is 28.9 Å². The highest BCUT2D eigenvalue weighted by molar-refractivity contribution is 6.06. The maximum Gasteiger partial charge on any atom is 0.258 e. The maximum absolute atomic E-state index is 14.2. The molecule has 0 atom stereocenters. The maximum atomic E-state index is 14.2. The molecule has 0 bridgehead atoms. The first-order chi connectivity index (χ1) is 20.0. The van der Waals surface area contributed by atoms with Gasteiger partial charge in [0.05, 0.1) is 37.1 Å². The lowest BCUT2D eigenvalue weighted by atomic mass is 10.1. The number of piperazine rings is 1. The third-order valence-electron chi connectivity index (χ3n) is 7.48. The lowest BCUT2D eigenvalue weighted by Gasteiger charge is -2.38. The van der Waals surface area contributed by atoms with E-state index in [1.807, 2.05) is 24.3 Å². The fourth-order valence-corrected chi connectivity index (χ4v) is 5.24. The number of anilines is 3. The van der Waals surface area contributed by atoms with Crippen molar-refractivity contribution in [2.45, 2.75) is 0 Å². The third kappa shape index (κ3) is 6.96. The van der Waals surface area contributed by atoms with Crippen LogP contribution in [0, 0.1) is 5.82 Å². The van der Waals surface area contributed by atoms with Gasteiger partial charge in [0.25, 0.3) is 11.8 Å². The van der Waals surface area contributed by atoms with Crippen LogP contribution in [0.3, 0.4) is 0 Å². The number of halogens is 1. The van der Waals surface area contributed by atoms with E-state index in [2.05, 4.69) is 31.4 Å². The fourth-order valence-electron chi connectivity index (χ4n) is 5.24. The van der Waals surface area contributed by atoms with Gasteiger partial charge < -0.3 is 29.9 Å². The monoisotopic (exact) mass is 561 g/mol. The summed E-state index contributed by atoms with van der Waals surface area (Å²) in [6, 6.07) is 19.1. The number of para-hydroxylation sites is 2. The molecule has 2 amide bonds. The Bertz CT molecular complexity index is 1360. The van der Waals surface area contributed by atoms with E-state index in [9.17, 15) is 14.0 Å². The van der Waals surface area contributed by atoms with Crippen molar-refractivity contribution in [1.82, 2.24) is 10.2 Å². The van der Waals surface area contributed by atoms with Crippen LogP contribution >= 0.6 is 0 Å². The van der Waals surface area contributed by atoms with E-state index in [1.165, 1.54) is 18.2 Å². The predicted molar refractivity (Wildman–Crippen MR) is 158 cm³/mol. The summed E-state index contributed by atoms with van der Waals surface area (Å²) < 4.78 is 25.2. The number of ether oxygens (including phenoxy) is 2. The van der Waals surface area contributed by atoms with Crippen LogP contribution in [0.2, 0.25) is 0 Å². The van der Waals surface area contributed by atoms with E-state index < -0.39 is 11.7 Å². The van der Waals surface area contributed by atoms with E-state index in [4.69, 9.17) is 9.47 Å². The molecule has 0 unspecified atom stereocenters. The van der Waals surface area contributed by atoms with E-state index in [-0.39, 0.29) is 11.5 Å². The van der Waals surface area contributed by atoms with Gasteiger partial charge in [0, 0.05) is 63.7 Å². The minimum Gasteiger partial charge on any atom is -0.495 e. The van der Waals surface area contributed by atoms with Crippen molar-refractivity contribution in [3.05, 3.63) is 83.7 Å². The molecular weight excluding hydrogens is 525 g/mol. The molecule has 2 aliphatic heterocycles. The summed E-state index contributed by atoms with van der Waals surface area (Å²) in [5, 5.41) is 5.80. The molecule has 9 nitrogen and oxygen atoms in total. The molecule has 5 rings (SSSR count). The van der Waals surface area contributed by atoms with Crippen molar-refractivity contribution in [2.24, 2.45) is 0 Å². The molecule has 2 aliphatic rings. The molecule has 2 heterocycles. The molecule has 2 fully saturated rings. The first kappa shape index (κ1) is 28.4. The van der Waals surface area contributed by atoms with E-state index in [1.54, 1.807) is 25.3 Å². The van der Waals surface area contributed by atoms with Gasteiger partial charge in [0.15, 0.2) is 0 Å². The molecule has 0 saturated carbocycles. The number of benzene rings is 3. The fraction of sp³-hybridized carbons (Fsp3) is 0.355. The molecule has 2 N–H and O–H groups in total. The lowest BCUT2D eigenvalue weighted by molar-refractivity contribution is 0.0383. The highest BCUT2D eigenvalue weighted by atomic mass is 19.1. The van der Waals surface area contributed by atoms with E-state index in [0.717, 1.165) is 49.8 Å². The van der Waals surface area contributed by atoms with Gasteiger partial charge in [-0.25, -0.2) is 4.39 Å². The standard InChI is InChI=1S/C31H36FN5O4/c1-40-29-9-5-4-8-28(29)37-16-14-36(15-17-37)27-11-10-23(34-31(39)24-6-2-3-7-26(24)32)22-25(27)30(38)33-12-13-35-18-20-41-21-19-35/h2-11,22H,12-21H2,1H3,(H,33,38)(H,34,39). The average Bonchev–Trinajstić information content (AvgIpc) is 3.02. The normalized spacial score (nSPS) is 15.9. The van der Waals surface area contributed by atoms with Crippen LogP contribution in [0.15, 0.2) is 66.7 Å². The number of morpholine rings is 1. The number of hydrogen-bond donors (Lipinski definition) is 2. The third-order valence-corrected chi connectivity index (χ3v) is 7.48. The molecular formula is C31H36FN5O4. The lowest BCUT2D eigenvalue weighted by Crippen LogP contribution is -2.47. The average molecular weight is 562 g/mol. The summed E-state index contributed by atoms with van der Waals surface area (Å²) in [5.74, 6) is -0.561. The summed E-state index contributed by atoms with van der Waals surface area (Å²) in [5.41, 5.74) is 2.66. The van der Waals surface area contributed by atoms with Crippen molar-refractivity contribution in [1.29, 1.82) is 0 Å². The molecule has 216 valence electrons. The van der Waals surface area contributed by atoms with Gasteiger partial charge in [-0.3, -0.25) is 14.5 Å². The van der Waals surface area contributed by atoms with Gasteiger partial charge in [0.2, 0.25) is 0 Å². The van der Waals surface area contributed by atoms with Crippen LogP contribution in [0.1, 0.15) is 20.7 Å². The number of rotatable bonds is 9. The second kappa shape index (κ2) is 13.5. The van der Waals surface area contributed by atoms with Gasteiger partial charge in [-0.1, -0.05) is 24.3 Å². The molecule has 0 aliphatic carbocycles. The van der Waals surface area contributed by atoms with Crippen molar-refractivity contribution in [2.75, 3.05) is 87.8 Å². The zero-order chi connectivity index (χ0) is 28.6. The topological polar surface area (TPSA) is 86.4 Å². The summed E-state index contributed by atoms with van der Waals surface area (Å²) in [6.45, 7) is 7.21. The molecule has 2 saturated heterocycles. The van der Waals surface area contributed by atoms with Gasteiger partial charge >= 0.3 is 0 Å². The molecule has 41 heavy (non-hydrogen) atoms. The minimum atomic E-state index is -0.601. The van der Waals surface area contributed by atoms with Crippen LogP contribution in [0.25, 0.3) is 0 Å². The van der Waals surface area contributed by atoms with Gasteiger partial charge in [0.1, 0.15) is 11.6 Å². The number of nitrogens with zero attached hydrogens (tertiary/aromatic N) is 3.